The first-order valence-corrected chi connectivity index (χ1v) is 6.71. The smallest absolute Gasteiger partial charge is 0.408 e. The van der Waals surface area contributed by atoms with Crippen LogP contribution in [-0.4, -0.2) is 22.8 Å². The van der Waals surface area contributed by atoms with E-state index in [9.17, 15) is 9.90 Å². The van der Waals surface area contributed by atoms with Crippen molar-refractivity contribution in [2.75, 3.05) is 0 Å². The minimum atomic E-state index is -0.567. The van der Waals surface area contributed by atoms with Crippen LogP contribution in [0.4, 0.5) is 4.79 Å². The fraction of sp³-hybridized carbons (Fsp3) is 0.667. The van der Waals surface area contributed by atoms with Crippen LogP contribution in [0.2, 0.25) is 0 Å². The number of carbonyl (C=O) groups excluding carboxylic acids is 1. The molecule has 1 atom stereocenters. The van der Waals surface area contributed by atoms with Gasteiger partial charge in [0.15, 0.2) is 0 Å². The molecule has 4 nitrogen and oxygen atoms in total. The average molecular weight is 267 g/mol. The van der Waals surface area contributed by atoms with Gasteiger partial charge in [-0.2, -0.15) is 0 Å². The average Bonchev–Trinajstić information content (AvgIpc) is 2.72. The number of alkyl carbamates (subject to hydrolysis) is 1. The summed E-state index contributed by atoms with van der Waals surface area (Å²) >= 11 is 0. The molecule has 0 heterocycles. The van der Waals surface area contributed by atoms with Crippen molar-refractivity contribution in [3.8, 4) is 0 Å². The molecule has 1 fully saturated rings. The summed E-state index contributed by atoms with van der Waals surface area (Å²) in [6, 6.07) is -0.539. The molecular weight excluding hydrogens is 242 g/mol. The summed E-state index contributed by atoms with van der Waals surface area (Å²) in [5, 5.41) is 12.5. The largest absolute Gasteiger partial charge is 0.511 e. The fourth-order valence-electron chi connectivity index (χ4n) is 2.63. The molecule has 1 rings (SSSR count). The molecule has 1 saturated carbocycles. The fourth-order valence-corrected chi connectivity index (χ4v) is 2.63. The van der Waals surface area contributed by atoms with Gasteiger partial charge in [-0.25, -0.2) is 4.79 Å². The molecule has 0 bridgehead atoms. The zero-order valence-corrected chi connectivity index (χ0v) is 12.2. The number of aliphatic hydroxyl groups excluding tert-OH is 1. The van der Waals surface area contributed by atoms with Crippen molar-refractivity contribution in [1.82, 2.24) is 5.32 Å². The molecule has 0 saturated heterocycles. The van der Waals surface area contributed by atoms with Gasteiger partial charge in [-0.15, -0.1) is 6.58 Å². The highest BCUT2D eigenvalue weighted by molar-refractivity contribution is 5.68. The third-order valence-electron chi connectivity index (χ3n) is 3.51. The normalized spacial score (nSPS) is 19.5. The van der Waals surface area contributed by atoms with E-state index in [1.165, 1.54) is 0 Å². The zero-order valence-electron chi connectivity index (χ0n) is 12.2. The standard InChI is InChI=1S/C15H25NO3/c1-6-15(9-7-8-10-15)12(11(2)17)16-13(18)19-14(3,4)5/h6,12,17H,1-2,7-10H2,3-5H3,(H,16,18). The van der Waals surface area contributed by atoms with Gasteiger partial charge in [0, 0.05) is 5.41 Å². The molecule has 19 heavy (non-hydrogen) atoms. The van der Waals surface area contributed by atoms with Gasteiger partial charge in [-0.1, -0.05) is 25.5 Å². The first-order chi connectivity index (χ1) is 8.70. The molecule has 1 aliphatic carbocycles. The Hall–Kier alpha value is -1.45. The van der Waals surface area contributed by atoms with Gasteiger partial charge in [0.2, 0.25) is 0 Å². The summed E-state index contributed by atoms with van der Waals surface area (Å²) in [5.74, 6) is -0.0485. The number of hydrogen-bond acceptors (Lipinski definition) is 3. The Balaban J connectivity index is 2.81. The number of amides is 1. The maximum absolute atomic E-state index is 11.9. The Kier molecular flexibility index (Phi) is 4.66. The van der Waals surface area contributed by atoms with Crippen LogP contribution in [0.15, 0.2) is 25.0 Å². The highest BCUT2D eigenvalue weighted by Crippen LogP contribution is 2.43. The van der Waals surface area contributed by atoms with Gasteiger partial charge < -0.3 is 15.2 Å². The first-order valence-electron chi connectivity index (χ1n) is 6.71. The number of hydrogen-bond donors (Lipinski definition) is 2. The minimum absolute atomic E-state index is 0.0485. The molecule has 0 aromatic carbocycles. The zero-order chi connectivity index (χ0) is 14.7. The van der Waals surface area contributed by atoms with Gasteiger partial charge in [0.1, 0.15) is 11.4 Å². The van der Waals surface area contributed by atoms with E-state index in [1.54, 1.807) is 20.8 Å². The van der Waals surface area contributed by atoms with Crippen LogP contribution in [0.5, 0.6) is 0 Å². The lowest BCUT2D eigenvalue weighted by Gasteiger charge is -2.35. The summed E-state index contributed by atoms with van der Waals surface area (Å²) in [4.78, 5) is 11.9. The van der Waals surface area contributed by atoms with Crippen molar-refractivity contribution in [2.45, 2.75) is 58.1 Å². The first kappa shape index (κ1) is 15.6. The third kappa shape index (κ3) is 4.01. The minimum Gasteiger partial charge on any atom is -0.511 e. The Morgan fingerprint density at radius 1 is 1.42 bits per heavy atom. The Morgan fingerprint density at radius 3 is 2.32 bits per heavy atom. The van der Waals surface area contributed by atoms with Crippen LogP contribution in [0.3, 0.4) is 0 Å². The van der Waals surface area contributed by atoms with Crippen LogP contribution in [0.25, 0.3) is 0 Å². The van der Waals surface area contributed by atoms with Crippen LogP contribution in [0.1, 0.15) is 46.5 Å². The molecule has 0 aromatic heterocycles. The summed E-state index contributed by atoms with van der Waals surface area (Å²) in [6.07, 6.45) is 5.18. The van der Waals surface area contributed by atoms with Gasteiger partial charge in [-0.05, 0) is 33.6 Å². The highest BCUT2D eigenvalue weighted by Gasteiger charge is 2.41. The van der Waals surface area contributed by atoms with Crippen LogP contribution >= 0.6 is 0 Å². The molecule has 0 radical (unpaired) electrons. The second kappa shape index (κ2) is 5.68. The number of nitrogens with one attached hydrogen (secondary N) is 1. The number of aliphatic hydroxyl groups is 1. The van der Waals surface area contributed by atoms with E-state index >= 15 is 0 Å². The Bertz CT molecular complexity index is 362. The van der Waals surface area contributed by atoms with Gasteiger partial charge in [0.25, 0.3) is 0 Å². The maximum atomic E-state index is 11.9. The van der Waals surface area contributed by atoms with Crippen molar-refractivity contribution in [3.63, 3.8) is 0 Å². The third-order valence-corrected chi connectivity index (χ3v) is 3.51. The molecule has 108 valence electrons. The van der Waals surface area contributed by atoms with E-state index in [2.05, 4.69) is 18.5 Å². The maximum Gasteiger partial charge on any atom is 0.408 e. The summed E-state index contributed by atoms with van der Waals surface area (Å²) in [7, 11) is 0. The molecule has 1 aliphatic rings. The summed E-state index contributed by atoms with van der Waals surface area (Å²) in [5.41, 5.74) is -0.884. The van der Waals surface area contributed by atoms with E-state index in [0.29, 0.717) is 0 Å². The van der Waals surface area contributed by atoms with Crippen molar-refractivity contribution in [1.29, 1.82) is 0 Å². The van der Waals surface area contributed by atoms with E-state index in [-0.39, 0.29) is 11.2 Å². The topological polar surface area (TPSA) is 58.6 Å². The summed E-state index contributed by atoms with van der Waals surface area (Å²) < 4.78 is 5.23. The molecule has 0 aromatic rings. The lowest BCUT2D eigenvalue weighted by Crippen LogP contribution is -2.48. The van der Waals surface area contributed by atoms with Crippen molar-refractivity contribution >= 4 is 6.09 Å². The van der Waals surface area contributed by atoms with Crippen LogP contribution in [-0.2, 0) is 4.74 Å². The van der Waals surface area contributed by atoms with Crippen molar-refractivity contribution in [3.05, 3.63) is 25.0 Å². The molecule has 4 heteroatoms. The second-order valence-corrected chi connectivity index (χ2v) is 6.21. The Morgan fingerprint density at radius 2 is 1.95 bits per heavy atom. The van der Waals surface area contributed by atoms with Crippen LogP contribution < -0.4 is 5.32 Å². The summed E-state index contributed by atoms with van der Waals surface area (Å²) in [6.45, 7) is 12.8. The predicted molar refractivity (Wildman–Crippen MR) is 76.0 cm³/mol. The molecule has 0 spiro atoms. The van der Waals surface area contributed by atoms with Crippen molar-refractivity contribution in [2.24, 2.45) is 5.41 Å². The molecule has 1 amide bonds. The van der Waals surface area contributed by atoms with E-state index in [1.807, 2.05) is 6.08 Å². The van der Waals surface area contributed by atoms with Gasteiger partial charge in [-0.3, -0.25) is 0 Å². The van der Waals surface area contributed by atoms with E-state index in [0.717, 1.165) is 25.7 Å². The molecule has 1 unspecified atom stereocenters. The number of ether oxygens (including phenoxy) is 1. The van der Waals surface area contributed by atoms with Gasteiger partial charge >= 0.3 is 6.09 Å². The molecule has 2 N–H and O–H groups in total. The SMILES string of the molecule is C=CC1(C(NC(=O)OC(C)(C)C)C(=C)O)CCCC1. The lowest BCUT2D eigenvalue weighted by molar-refractivity contribution is 0.0460. The molecule has 0 aliphatic heterocycles. The Labute approximate surface area is 115 Å². The monoisotopic (exact) mass is 267 g/mol. The molecular formula is C15H25NO3. The second-order valence-electron chi connectivity index (χ2n) is 6.21. The van der Waals surface area contributed by atoms with E-state index < -0.39 is 17.7 Å². The predicted octanol–water partition coefficient (Wildman–Crippen LogP) is 3.70. The number of rotatable bonds is 4. The van der Waals surface area contributed by atoms with E-state index in [4.69, 9.17) is 4.74 Å². The quantitative estimate of drug-likeness (QED) is 0.603. The highest BCUT2D eigenvalue weighted by atomic mass is 16.6. The van der Waals surface area contributed by atoms with Crippen LogP contribution in [0, 0.1) is 5.41 Å². The number of carbonyl (C=O) groups is 1. The lowest BCUT2D eigenvalue weighted by atomic mass is 9.78. The van der Waals surface area contributed by atoms with Gasteiger partial charge in [0.05, 0.1) is 6.04 Å². The van der Waals surface area contributed by atoms with Crippen molar-refractivity contribution < 1.29 is 14.6 Å².